The molecular formula is C14H13FO. The zero-order valence-corrected chi connectivity index (χ0v) is 9.11. The fourth-order valence-corrected chi connectivity index (χ4v) is 1.48. The first kappa shape index (κ1) is 10.7. The highest BCUT2D eigenvalue weighted by Gasteiger charge is 2.01. The van der Waals surface area contributed by atoms with Gasteiger partial charge in [0, 0.05) is 5.56 Å². The van der Waals surface area contributed by atoms with Crippen LogP contribution in [0.3, 0.4) is 0 Å². The standard InChI is InChI=1S/C14H13FO/c1-11-5-4-7-13(9-11)16-10-12-6-2-3-8-14(12)15/h2-9H,10H2,1H3. The van der Waals surface area contributed by atoms with E-state index in [0.29, 0.717) is 5.56 Å². The van der Waals surface area contributed by atoms with Crippen molar-refractivity contribution in [2.75, 3.05) is 0 Å². The summed E-state index contributed by atoms with van der Waals surface area (Å²) in [5.41, 5.74) is 1.70. The molecular weight excluding hydrogens is 203 g/mol. The van der Waals surface area contributed by atoms with Gasteiger partial charge in [-0.2, -0.15) is 0 Å². The van der Waals surface area contributed by atoms with E-state index in [-0.39, 0.29) is 12.4 Å². The highest BCUT2D eigenvalue weighted by atomic mass is 19.1. The Morgan fingerprint density at radius 1 is 1.06 bits per heavy atom. The van der Waals surface area contributed by atoms with Crippen LogP contribution in [0.5, 0.6) is 5.75 Å². The lowest BCUT2D eigenvalue weighted by Crippen LogP contribution is -1.98. The Labute approximate surface area is 94.5 Å². The molecule has 16 heavy (non-hydrogen) atoms. The molecule has 0 radical (unpaired) electrons. The van der Waals surface area contributed by atoms with Gasteiger partial charge < -0.3 is 4.74 Å². The highest BCUT2D eigenvalue weighted by molar-refractivity contribution is 5.28. The van der Waals surface area contributed by atoms with E-state index in [9.17, 15) is 4.39 Å². The Kier molecular flexibility index (Phi) is 3.20. The lowest BCUT2D eigenvalue weighted by Gasteiger charge is -2.07. The van der Waals surface area contributed by atoms with E-state index in [2.05, 4.69) is 0 Å². The smallest absolute Gasteiger partial charge is 0.129 e. The molecule has 0 fully saturated rings. The highest BCUT2D eigenvalue weighted by Crippen LogP contribution is 2.15. The number of hydrogen-bond donors (Lipinski definition) is 0. The van der Waals surface area contributed by atoms with Crippen LogP contribution in [-0.2, 0) is 6.61 Å². The zero-order valence-electron chi connectivity index (χ0n) is 9.11. The Hall–Kier alpha value is -1.83. The van der Waals surface area contributed by atoms with E-state index in [1.165, 1.54) is 6.07 Å². The maximum Gasteiger partial charge on any atom is 0.129 e. The van der Waals surface area contributed by atoms with Crippen molar-refractivity contribution in [3.63, 3.8) is 0 Å². The predicted molar refractivity (Wildman–Crippen MR) is 61.9 cm³/mol. The van der Waals surface area contributed by atoms with Crippen LogP contribution in [0.15, 0.2) is 48.5 Å². The Morgan fingerprint density at radius 3 is 2.62 bits per heavy atom. The summed E-state index contributed by atoms with van der Waals surface area (Å²) in [7, 11) is 0. The second-order valence-corrected chi connectivity index (χ2v) is 3.70. The summed E-state index contributed by atoms with van der Waals surface area (Å²) in [6.07, 6.45) is 0. The SMILES string of the molecule is Cc1cccc(OCc2ccccc2F)c1. The van der Waals surface area contributed by atoms with Gasteiger partial charge in [-0.15, -0.1) is 0 Å². The van der Waals surface area contributed by atoms with E-state index in [1.54, 1.807) is 18.2 Å². The van der Waals surface area contributed by atoms with Gasteiger partial charge in [-0.3, -0.25) is 0 Å². The summed E-state index contributed by atoms with van der Waals surface area (Å²) < 4.78 is 18.8. The van der Waals surface area contributed by atoms with Crippen molar-refractivity contribution < 1.29 is 9.13 Å². The van der Waals surface area contributed by atoms with Crippen molar-refractivity contribution in [3.8, 4) is 5.75 Å². The van der Waals surface area contributed by atoms with Gasteiger partial charge in [0.2, 0.25) is 0 Å². The molecule has 1 nitrogen and oxygen atoms in total. The average molecular weight is 216 g/mol. The second kappa shape index (κ2) is 4.79. The van der Waals surface area contributed by atoms with E-state index in [4.69, 9.17) is 4.74 Å². The molecule has 0 aliphatic rings. The van der Waals surface area contributed by atoms with Gasteiger partial charge in [-0.25, -0.2) is 4.39 Å². The predicted octanol–water partition coefficient (Wildman–Crippen LogP) is 3.71. The van der Waals surface area contributed by atoms with Crippen LogP contribution in [0.2, 0.25) is 0 Å². The molecule has 82 valence electrons. The molecule has 2 heteroatoms. The fourth-order valence-electron chi connectivity index (χ4n) is 1.48. The molecule has 0 bridgehead atoms. The van der Waals surface area contributed by atoms with Crippen molar-refractivity contribution in [1.29, 1.82) is 0 Å². The largest absolute Gasteiger partial charge is 0.489 e. The average Bonchev–Trinajstić information content (AvgIpc) is 2.28. The third-order valence-corrected chi connectivity index (χ3v) is 2.34. The Bertz CT molecular complexity index is 480. The van der Waals surface area contributed by atoms with Crippen LogP contribution in [-0.4, -0.2) is 0 Å². The summed E-state index contributed by atoms with van der Waals surface area (Å²) in [6, 6.07) is 14.4. The molecule has 0 saturated carbocycles. The summed E-state index contributed by atoms with van der Waals surface area (Å²) in [5, 5.41) is 0. The van der Waals surface area contributed by atoms with Gasteiger partial charge in [0.15, 0.2) is 0 Å². The van der Waals surface area contributed by atoms with Gasteiger partial charge in [0.1, 0.15) is 18.2 Å². The number of ether oxygens (including phenoxy) is 1. The quantitative estimate of drug-likeness (QED) is 0.759. The van der Waals surface area contributed by atoms with Crippen LogP contribution in [0.25, 0.3) is 0 Å². The van der Waals surface area contributed by atoms with Crippen LogP contribution >= 0.6 is 0 Å². The van der Waals surface area contributed by atoms with Crippen LogP contribution in [0.4, 0.5) is 4.39 Å². The molecule has 2 aromatic rings. The van der Waals surface area contributed by atoms with Gasteiger partial charge in [0.05, 0.1) is 0 Å². The van der Waals surface area contributed by atoms with E-state index < -0.39 is 0 Å². The van der Waals surface area contributed by atoms with E-state index >= 15 is 0 Å². The maximum atomic E-state index is 13.3. The Morgan fingerprint density at radius 2 is 1.88 bits per heavy atom. The summed E-state index contributed by atoms with van der Waals surface area (Å²) in [4.78, 5) is 0. The van der Waals surface area contributed by atoms with E-state index in [1.807, 2.05) is 31.2 Å². The molecule has 0 aliphatic carbocycles. The molecule has 0 saturated heterocycles. The first-order valence-electron chi connectivity index (χ1n) is 5.18. The number of aryl methyl sites for hydroxylation is 1. The van der Waals surface area contributed by atoms with Crippen LogP contribution < -0.4 is 4.74 Å². The normalized spacial score (nSPS) is 10.1. The van der Waals surface area contributed by atoms with Crippen LogP contribution in [0, 0.1) is 12.7 Å². The van der Waals surface area contributed by atoms with Crippen molar-refractivity contribution in [2.45, 2.75) is 13.5 Å². The van der Waals surface area contributed by atoms with Gasteiger partial charge in [-0.05, 0) is 30.7 Å². The summed E-state index contributed by atoms with van der Waals surface area (Å²) >= 11 is 0. The van der Waals surface area contributed by atoms with Crippen molar-refractivity contribution in [1.82, 2.24) is 0 Å². The Balaban J connectivity index is 2.05. The third kappa shape index (κ3) is 2.60. The number of rotatable bonds is 3. The molecule has 0 unspecified atom stereocenters. The molecule has 0 spiro atoms. The van der Waals surface area contributed by atoms with Gasteiger partial charge in [0.25, 0.3) is 0 Å². The second-order valence-electron chi connectivity index (χ2n) is 3.70. The van der Waals surface area contributed by atoms with E-state index in [0.717, 1.165) is 11.3 Å². The maximum absolute atomic E-state index is 13.3. The van der Waals surface area contributed by atoms with Gasteiger partial charge >= 0.3 is 0 Å². The summed E-state index contributed by atoms with van der Waals surface area (Å²) in [5.74, 6) is 0.540. The molecule has 0 aliphatic heterocycles. The van der Waals surface area contributed by atoms with Crippen molar-refractivity contribution in [2.24, 2.45) is 0 Å². The first-order chi connectivity index (χ1) is 7.75. The van der Waals surface area contributed by atoms with Crippen LogP contribution in [0.1, 0.15) is 11.1 Å². The zero-order chi connectivity index (χ0) is 11.4. The monoisotopic (exact) mass is 216 g/mol. The third-order valence-electron chi connectivity index (χ3n) is 2.34. The molecule has 0 aromatic heterocycles. The topological polar surface area (TPSA) is 9.23 Å². The molecule has 0 heterocycles. The minimum Gasteiger partial charge on any atom is -0.489 e. The molecule has 0 atom stereocenters. The lowest BCUT2D eigenvalue weighted by molar-refractivity contribution is 0.299. The summed E-state index contributed by atoms with van der Waals surface area (Å²) in [6.45, 7) is 2.26. The minimum atomic E-state index is -0.227. The molecule has 0 N–H and O–H groups in total. The number of hydrogen-bond acceptors (Lipinski definition) is 1. The minimum absolute atomic E-state index is 0.227. The number of benzene rings is 2. The van der Waals surface area contributed by atoms with Gasteiger partial charge in [-0.1, -0.05) is 30.3 Å². The van der Waals surface area contributed by atoms with Crippen molar-refractivity contribution >= 4 is 0 Å². The van der Waals surface area contributed by atoms with Crippen molar-refractivity contribution in [3.05, 3.63) is 65.5 Å². The number of halogens is 1. The molecule has 0 amide bonds. The molecule has 2 aromatic carbocycles. The lowest BCUT2D eigenvalue weighted by atomic mass is 10.2. The molecule has 2 rings (SSSR count). The fraction of sp³-hybridized carbons (Fsp3) is 0.143. The first-order valence-corrected chi connectivity index (χ1v) is 5.18.